The van der Waals surface area contributed by atoms with Crippen LogP contribution in [0.2, 0.25) is 0 Å². The van der Waals surface area contributed by atoms with Crippen LogP contribution in [-0.4, -0.2) is 28.5 Å². The summed E-state index contributed by atoms with van der Waals surface area (Å²) in [5.41, 5.74) is -0.0223. The molecule has 5 nitrogen and oxygen atoms in total. The molecular formula is C15H16N2O3. The van der Waals surface area contributed by atoms with Crippen LogP contribution in [-0.2, 0) is 9.59 Å². The van der Waals surface area contributed by atoms with Crippen LogP contribution in [0.5, 0.6) is 0 Å². The molecule has 2 heterocycles. The molecule has 0 radical (unpaired) electrons. The molecule has 1 fully saturated rings. The Kier molecular flexibility index (Phi) is 3.86. The highest BCUT2D eigenvalue weighted by Gasteiger charge is 2.46. The van der Waals surface area contributed by atoms with E-state index in [1.54, 1.807) is 26.0 Å². The molecule has 0 bridgehead atoms. The molecule has 0 aromatic carbocycles. The van der Waals surface area contributed by atoms with Crippen molar-refractivity contribution in [2.75, 3.05) is 11.5 Å². The number of aromatic nitrogens is 1. The lowest BCUT2D eigenvalue weighted by Crippen LogP contribution is -2.33. The number of hydrogen-bond donors (Lipinski definition) is 1. The predicted molar refractivity (Wildman–Crippen MR) is 73.7 cm³/mol. The van der Waals surface area contributed by atoms with Crippen molar-refractivity contribution in [2.45, 2.75) is 26.7 Å². The zero-order chi connectivity index (χ0) is 14.8. The van der Waals surface area contributed by atoms with Crippen molar-refractivity contribution in [1.29, 1.82) is 0 Å². The average Bonchev–Trinajstić information content (AvgIpc) is 2.59. The molecule has 5 heteroatoms. The molecule has 1 aromatic rings. The summed E-state index contributed by atoms with van der Waals surface area (Å²) in [6, 6.07) is 3.31. The first-order valence-corrected chi connectivity index (χ1v) is 6.39. The number of nitrogens with zero attached hydrogens (tertiary/aromatic N) is 2. The molecule has 0 atom stereocenters. The fraction of sp³-hybridized carbons (Fsp3) is 0.400. The Morgan fingerprint density at radius 3 is 2.80 bits per heavy atom. The van der Waals surface area contributed by atoms with Gasteiger partial charge in [0.15, 0.2) is 0 Å². The van der Waals surface area contributed by atoms with Crippen LogP contribution in [0.1, 0.15) is 32.3 Å². The summed E-state index contributed by atoms with van der Waals surface area (Å²) in [5, 5.41) is 8.69. The van der Waals surface area contributed by atoms with Gasteiger partial charge in [0.05, 0.1) is 12.0 Å². The molecule has 104 valence electrons. The number of anilines is 1. The molecule has 2 rings (SSSR count). The van der Waals surface area contributed by atoms with Crippen LogP contribution in [0, 0.1) is 17.3 Å². The Balaban J connectivity index is 2.31. The quantitative estimate of drug-likeness (QED) is 0.646. The molecule has 1 aliphatic rings. The van der Waals surface area contributed by atoms with Gasteiger partial charge in [-0.3, -0.25) is 9.59 Å². The van der Waals surface area contributed by atoms with Gasteiger partial charge in [-0.15, -0.1) is 0 Å². The Morgan fingerprint density at radius 2 is 2.20 bits per heavy atom. The SMILES string of the molecule is CC1(C)CC(=O)N(c2cc(C#CCCO)ccn2)C1=O. The first-order valence-electron chi connectivity index (χ1n) is 6.39. The van der Waals surface area contributed by atoms with Gasteiger partial charge in [-0.05, 0) is 12.1 Å². The molecule has 1 saturated heterocycles. The number of pyridine rings is 1. The number of carbonyl (C=O) groups is 2. The highest BCUT2D eigenvalue weighted by molar-refractivity contribution is 6.21. The molecule has 20 heavy (non-hydrogen) atoms. The number of carbonyl (C=O) groups excluding carboxylic acids is 2. The van der Waals surface area contributed by atoms with Gasteiger partial charge in [0.25, 0.3) is 0 Å². The number of hydrogen-bond acceptors (Lipinski definition) is 4. The van der Waals surface area contributed by atoms with E-state index in [-0.39, 0.29) is 24.8 Å². The molecule has 0 saturated carbocycles. The van der Waals surface area contributed by atoms with Crippen LogP contribution in [0.15, 0.2) is 18.3 Å². The monoisotopic (exact) mass is 272 g/mol. The molecule has 1 aromatic heterocycles. The van der Waals surface area contributed by atoms with Crippen LogP contribution in [0.3, 0.4) is 0 Å². The third kappa shape index (κ3) is 2.70. The smallest absolute Gasteiger partial charge is 0.241 e. The summed E-state index contributed by atoms with van der Waals surface area (Å²) in [6.07, 6.45) is 2.09. The van der Waals surface area contributed by atoms with E-state index in [9.17, 15) is 9.59 Å². The fourth-order valence-electron chi connectivity index (χ4n) is 2.02. The molecular weight excluding hydrogens is 256 g/mol. The summed E-state index contributed by atoms with van der Waals surface area (Å²) >= 11 is 0. The predicted octanol–water partition coefficient (Wildman–Crippen LogP) is 1.10. The van der Waals surface area contributed by atoms with Crippen LogP contribution < -0.4 is 4.90 Å². The Bertz CT molecular complexity index is 611. The lowest BCUT2D eigenvalue weighted by atomic mass is 9.92. The van der Waals surface area contributed by atoms with Gasteiger partial charge < -0.3 is 5.11 Å². The summed E-state index contributed by atoms with van der Waals surface area (Å²) in [6.45, 7) is 3.50. The minimum atomic E-state index is -0.683. The minimum Gasteiger partial charge on any atom is -0.395 e. The molecule has 0 aliphatic carbocycles. The first-order chi connectivity index (χ1) is 9.45. The lowest BCUT2D eigenvalue weighted by molar-refractivity contribution is -0.124. The topological polar surface area (TPSA) is 70.5 Å². The fourth-order valence-corrected chi connectivity index (χ4v) is 2.02. The molecule has 1 aliphatic heterocycles. The van der Waals surface area contributed by atoms with Gasteiger partial charge in [0.1, 0.15) is 5.82 Å². The zero-order valence-electron chi connectivity index (χ0n) is 11.5. The van der Waals surface area contributed by atoms with Gasteiger partial charge in [-0.1, -0.05) is 25.7 Å². The highest BCUT2D eigenvalue weighted by Crippen LogP contribution is 2.34. The zero-order valence-corrected chi connectivity index (χ0v) is 11.5. The maximum atomic E-state index is 12.2. The van der Waals surface area contributed by atoms with E-state index in [0.29, 0.717) is 17.8 Å². The van der Waals surface area contributed by atoms with Crippen LogP contribution in [0.4, 0.5) is 5.82 Å². The summed E-state index contributed by atoms with van der Waals surface area (Å²) in [5.74, 6) is 5.48. The third-order valence-electron chi connectivity index (χ3n) is 3.07. The van der Waals surface area contributed by atoms with Crippen molar-refractivity contribution < 1.29 is 14.7 Å². The van der Waals surface area contributed by atoms with E-state index in [2.05, 4.69) is 16.8 Å². The lowest BCUT2D eigenvalue weighted by Gasteiger charge is -2.16. The van der Waals surface area contributed by atoms with Crippen molar-refractivity contribution in [1.82, 2.24) is 4.98 Å². The van der Waals surface area contributed by atoms with Gasteiger partial charge >= 0.3 is 0 Å². The van der Waals surface area contributed by atoms with Gasteiger partial charge in [0, 0.05) is 24.6 Å². The number of aliphatic hydroxyl groups is 1. The maximum Gasteiger partial charge on any atom is 0.241 e. The summed E-state index contributed by atoms with van der Waals surface area (Å²) < 4.78 is 0. The van der Waals surface area contributed by atoms with E-state index in [4.69, 9.17) is 5.11 Å². The van der Waals surface area contributed by atoms with Crippen molar-refractivity contribution in [2.24, 2.45) is 5.41 Å². The van der Waals surface area contributed by atoms with E-state index in [1.165, 1.54) is 6.20 Å². The van der Waals surface area contributed by atoms with Gasteiger partial charge in [-0.25, -0.2) is 9.88 Å². The highest BCUT2D eigenvalue weighted by atomic mass is 16.2. The van der Waals surface area contributed by atoms with E-state index >= 15 is 0 Å². The number of imide groups is 1. The van der Waals surface area contributed by atoms with E-state index < -0.39 is 5.41 Å². The van der Waals surface area contributed by atoms with Crippen molar-refractivity contribution in [3.8, 4) is 11.8 Å². The maximum absolute atomic E-state index is 12.2. The Hall–Kier alpha value is -2.19. The normalized spacial score (nSPS) is 17.1. The summed E-state index contributed by atoms with van der Waals surface area (Å²) in [7, 11) is 0. The van der Waals surface area contributed by atoms with Gasteiger partial charge in [0.2, 0.25) is 11.8 Å². The first kappa shape index (κ1) is 14.2. The molecule has 2 amide bonds. The van der Waals surface area contributed by atoms with Crippen molar-refractivity contribution >= 4 is 17.6 Å². The largest absolute Gasteiger partial charge is 0.395 e. The van der Waals surface area contributed by atoms with E-state index in [1.807, 2.05) is 0 Å². The van der Waals surface area contributed by atoms with Gasteiger partial charge in [-0.2, -0.15) is 0 Å². The molecule has 0 spiro atoms. The Morgan fingerprint density at radius 1 is 1.45 bits per heavy atom. The Labute approximate surface area is 117 Å². The van der Waals surface area contributed by atoms with Crippen LogP contribution >= 0.6 is 0 Å². The van der Waals surface area contributed by atoms with E-state index in [0.717, 1.165) is 4.90 Å². The number of aliphatic hydroxyl groups excluding tert-OH is 1. The van der Waals surface area contributed by atoms with Crippen molar-refractivity contribution in [3.05, 3.63) is 23.9 Å². The van der Waals surface area contributed by atoms with Crippen molar-refractivity contribution in [3.63, 3.8) is 0 Å². The standard InChI is InChI=1S/C15H16N2O3/c1-15(2)10-13(19)17(14(15)20)12-9-11(6-7-16-12)5-3-4-8-18/h6-7,9,18H,4,8,10H2,1-2H3. The average molecular weight is 272 g/mol. The van der Waals surface area contributed by atoms with Crippen LogP contribution in [0.25, 0.3) is 0 Å². The minimum absolute atomic E-state index is 0.00221. The molecule has 1 N–H and O–H groups in total. The molecule has 0 unspecified atom stereocenters. The summed E-state index contributed by atoms with van der Waals surface area (Å²) in [4.78, 5) is 29.4. The third-order valence-corrected chi connectivity index (χ3v) is 3.07. The second-order valence-electron chi connectivity index (χ2n) is 5.27. The second-order valence-corrected chi connectivity index (χ2v) is 5.27. The second kappa shape index (κ2) is 5.43. The number of amides is 2. The number of rotatable bonds is 2.